The zero-order valence-corrected chi connectivity index (χ0v) is 23.8. The molecule has 0 aromatic rings. The summed E-state index contributed by atoms with van der Waals surface area (Å²) in [5.41, 5.74) is 1.81. The van der Waals surface area contributed by atoms with Crippen molar-refractivity contribution < 1.29 is 54.0 Å². The first-order chi connectivity index (χ1) is 10.9. The summed E-state index contributed by atoms with van der Waals surface area (Å²) in [6.45, 7) is 4.69. The van der Waals surface area contributed by atoms with Gasteiger partial charge in [-0.2, -0.15) is 0 Å². The molecule has 3 fully saturated rings. The molecule has 1 radical (unpaired) electrons. The fourth-order valence-corrected chi connectivity index (χ4v) is 6.41. The van der Waals surface area contributed by atoms with Crippen molar-refractivity contribution in [3.05, 3.63) is 11.6 Å². The number of hydrogen-bond acceptors (Lipinski definition) is 2. The molecule has 2 nitrogen and oxygen atoms in total. The van der Waals surface area contributed by atoms with Crippen LogP contribution in [-0.4, -0.2) is 17.0 Å². The van der Waals surface area contributed by atoms with E-state index in [1.165, 1.54) is 12.0 Å². The molecule has 0 spiro atoms. The minimum atomic E-state index is -0.122. The number of ketones is 1. The van der Waals surface area contributed by atoms with Gasteiger partial charge in [-0.15, -0.1) is 0 Å². The Labute approximate surface area is 205 Å². The first kappa shape index (κ1) is 22.6. The average molecular weight is 769 g/mol. The summed E-state index contributed by atoms with van der Waals surface area (Å²) < 4.78 is 0. The van der Waals surface area contributed by atoms with E-state index >= 15 is 0 Å². The van der Waals surface area contributed by atoms with Gasteiger partial charge in [0.1, 0.15) is 5.78 Å². The predicted molar refractivity (Wildman–Crippen MR) is 111 cm³/mol. The van der Waals surface area contributed by atoms with Crippen LogP contribution in [0.5, 0.6) is 0 Å². The van der Waals surface area contributed by atoms with E-state index in [2.05, 4.69) is 57.2 Å². The van der Waals surface area contributed by atoms with E-state index in [1.54, 1.807) is 0 Å². The normalized spacial score (nSPS) is 46.4. The van der Waals surface area contributed by atoms with Crippen molar-refractivity contribution in [2.45, 2.75) is 71.3 Å². The number of fused-ring (bicyclic) bond motifs is 5. The van der Waals surface area contributed by atoms with Crippen LogP contribution in [0.15, 0.2) is 11.6 Å². The van der Waals surface area contributed by atoms with Gasteiger partial charge in [0.05, 0.1) is 6.10 Å². The molecular weight excluding hydrogens is 741 g/mol. The van der Waals surface area contributed by atoms with Crippen molar-refractivity contribution in [3.63, 3.8) is 0 Å². The van der Waals surface area contributed by atoms with Crippen LogP contribution in [0.25, 0.3) is 0 Å². The number of aliphatic hydroxyl groups is 1. The number of allylic oxidation sites excluding steroid dienone is 1. The smallest absolute Gasteiger partial charge is 0.139 e. The Morgan fingerprint density at radius 3 is 2.42 bits per heavy atom. The molecule has 4 rings (SSSR count). The van der Waals surface area contributed by atoms with E-state index in [9.17, 15) is 9.90 Å². The molecule has 6 atom stereocenters. The third-order valence-corrected chi connectivity index (χ3v) is 7.79. The van der Waals surface area contributed by atoms with Crippen molar-refractivity contribution in [2.75, 3.05) is 0 Å². The minimum Gasteiger partial charge on any atom is -0.393 e. The van der Waals surface area contributed by atoms with Crippen LogP contribution < -0.4 is 0 Å². The zero-order chi connectivity index (χ0) is 16.8. The Balaban J connectivity index is 0.000000670. The maximum atomic E-state index is 12.4. The molecule has 0 aromatic carbocycles. The van der Waals surface area contributed by atoms with Crippen LogP contribution in [0.4, 0.5) is 0 Å². The molecule has 5 heteroatoms. The molecule has 4 unspecified atom stereocenters. The Morgan fingerprint density at radius 1 is 1.08 bits per heavy atom. The number of carbonyl (C=O) groups excluding carboxylic acids is 1. The first-order valence-electron chi connectivity index (χ1n) is 9.00. The molecule has 0 heterocycles. The van der Waals surface area contributed by atoms with Gasteiger partial charge in [0, 0.05) is 93.1 Å². The summed E-state index contributed by atoms with van der Waals surface area (Å²) in [5, 5.41) is 10.00. The number of carbonyl (C=O) groups is 1. The van der Waals surface area contributed by atoms with E-state index in [0.29, 0.717) is 23.0 Å². The fourth-order valence-electron chi connectivity index (χ4n) is 6.41. The van der Waals surface area contributed by atoms with Crippen molar-refractivity contribution in [1.82, 2.24) is 0 Å². The molecule has 0 bridgehead atoms. The molecule has 24 heavy (non-hydrogen) atoms. The third-order valence-electron chi connectivity index (χ3n) is 7.79. The predicted octanol–water partition coefficient (Wildman–Crippen LogP) is 5.65. The summed E-state index contributed by atoms with van der Waals surface area (Å²) in [7, 11) is 0. The van der Waals surface area contributed by atoms with Crippen LogP contribution in [-0.2, 0) is 4.79 Å². The van der Waals surface area contributed by atoms with E-state index in [1.807, 2.05) is 0 Å². The van der Waals surface area contributed by atoms with E-state index in [0.717, 1.165) is 50.9 Å². The maximum Gasteiger partial charge on any atom is 0.139 e. The minimum absolute atomic E-state index is 0. The van der Waals surface area contributed by atoms with Gasteiger partial charge < -0.3 is 5.11 Å². The van der Waals surface area contributed by atoms with Crippen molar-refractivity contribution in [1.29, 1.82) is 0 Å². The van der Waals surface area contributed by atoms with Gasteiger partial charge in [-0.05, 0) is 68.1 Å². The van der Waals surface area contributed by atoms with Crippen molar-refractivity contribution in [3.8, 4) is 0 Å². The van der Waals surface area contributed by atoms with E-state index in [4.69, 9.17) is 0 Å². The monoisotopic (exact) mass is 769 g/mol. The van der Waals surface area contributed by atoms with Gasteiger partial charge >= 0.3 is 0 Å². The quantitative estimate of drug-likeness (QED) is 0.256. The van der Waals surface area contributed by atoms with E-state index < -0.39 is 0 Å². The average Bonchev–Trinajstić information content (AvgIpc) is 2.86. The van der Waals surface area contributed by atoms with Gasteiger partial charge in [0.15, 0.2) is 0 Å². The number of rotatable bonds is 0. The molecular formula is C19H28AcI2O2. The Kier molecular flexibility index (Phi) is 8.22. The van der Waals surface area contributed by atoms with Crippen molar-refractivity contribution >= 4 is 43.0 Å². The van der Waals surface area contributed by atoms with Crippen LogP contribution in [0, 0.1) is 72.6 Å². The second-order valence-corrected chi connectivity index (χ2v) is 8.57. The van der Waals surface area contributed by atoms with Crippen LogP contribution >= 0.6 is 37.2 Å². The number of hydrogen-bond donors (Lipinski definition) is 1. The molecule has 133 valence electrons. The number of aliphatic hydroxyl groups excluding tert-OH is 1. The van der Waals surface area contributed by atoms with Crippen LogP contribution in [0.3, 0.4) is 0 Å². The molecule has 0 saturated heterocycles. The van der Waals surface area contributed by atoms with Gasteiger partial charge in [-0.3, -0.25) is 4.79 Å². The molecule has 3 saturated carbocycles. The second kappa shape index (κ2) is 8.74. The standard InChI is InChI=1S/C19H28O2.Ac.I2/c1-18-9-7-13(20)11-12(18)3-4-14-15-5-6-17(21)19(15,2)10-8-16(14)18;;1-2/h3,13-16,20H,4-11H2,1-2H3;;/t13?,14?,15?,16?,18-,19-;;/m0../s1. The van der Waals surface area contributed by atoms with Gasteiger partial charge in [0.2, 0.25) is 0 Å². The second-order valence-electron chi connectivity index (χ2n) is 8.57. The molecule has 4 aliphatic rings. The number of halogens is 2. The summed E-state index contributed by atoms with van der Waals surface area (Å²) in [4.78, 5) is 12.4. The topological polar surface area (TPSA) is 37.3 Å². The van der Waals surface area contributed by atoms with Crippen LogP contribution in [0.2, 0.25) is 0 Å². The van der Waals surface area contributed by atoms with Gasteiger partial charge in [-0.1, -0.05) is 25.5 Å². The SMILES string of the molecule is C[C@]12CCC(O)CC1=CCC1C2CC[C@]2(C)C(=O)CCC12.II.[Ac]. The first-order valence-corrected chi connectivity index (χ1v) is 15.3. The van der Waals surface area contributed by atoms with E-state index in [-0.39, 0.29) is 55.6 Å². The summed E-state index contributed by atoms with van der Waals surface area (Å²) in [6.07, 6.45) is 10.7. The maximum absolute atomic E-state index is 12.4. The zero-order valence-electron chi connectivity index (χ0n) is 14.7. The largest absolute Gasteiger partial charge is 0.393 e. The molecule has 1 N–H and O–H groups in total. The Morgan fingerprint density at radius 2 is 1.71 bits per heavy atom. The van der Waals surface area contributed by atoms with Gasteiger partial charge in [-0.25, -0.2) is 0 Å². The summed E-state index contributed by atoms with van der Waals surface area (Å²) in [5.74, 6) is 2.60. The molecule has 0 aromatic heterocycles. The molecule has 0 aliphatic heterocycles. The number of Topliss-reactive ketones (excluding diaryl/α,β-unsaturated/α-hetero) is 1. The molecule has 4 aliphatic carbocycles. The summed E-state index contributed by atoms with van der Waals surface area (Å²) in [6, 6.07) is 0. The molecule has 0 amide bonds. The van der Waals surface area contributed by atoms with Crippen LogP contribution in [0.1, 0.15) is 65.2 Å². The van der Waals surface area contributed by atoms with Crippen molar-refractivity contribution in [2.24, 2.45) is 28.6 Å². The Bertz CT molecular complexity index is 523. The summed E-state index contributed by atoms with van der Waals surface area (Å²) >= 11 is 4.24. The third kappa shape index (κ3) is 3.62. The Hall–Kier alpha value is 2.27. The van der Waals surface area contributed by atoms with Gasteiger partial charge in [0.25, 0.3) is 0 Å². The fraction of sp³-hybridized carbons (Fsp3) is 0.842.